The minimum atomic E-state index is -1.35. The summed E-state index contributed by atoms with van der Waals surface area (Å²) in [5.41, 5.74) is 2.90. The Morgan fingerprint density at radius 1 is 0.875 bits per heavy atom. The zero-order valence-electron chi connectivity index (χ0n) is 14.5. The predicted octanol–water partition coefficient (Wildman–Crippen LogP) is 1.96. The van der Waals surface area contributed by atoms with E-state index in [0.29, 0.717) is 11.1 Å². The maximum atomic E-state index is 13.0. The molecule has 4 amide bonds. The lowest BCUT2D eigenvalue weighted by Crippen LogP contribution is -2.62. The first-order chi connectivity index (χ1) is 11.1. The zero-order chi connectivity index (χ0) is 18.0. The average Bonchev–Trinajstić information content (AvgIpc) is 2.79. The third kappa shape index (κ3) is 1.89. The number of hydrogen-bond acceptors (Lipinski definition) is 4. The van der Waals surface area contributed by atoms with Gasteiger partial charge < -0.3 is 0 Å². The van der Waals surface area contributed by atoms with E-state index in [1.54, 1.807) is 6.92 Å². The normalized spacial score (nSPS) is 23.6. The largest absolute Gasteiger partial charge is 0.294 e. The topological polar surface area (TPSA) is 83.6 Å². The van der Waals surface area contributed by atoms with Gasteiger partial charge in [0.25, 0.3) is 17.7 Å². The average molecular weight is 330 g/mol. The van der Waals surface area contributed by atoms with E-state index in [9.17, 15) is 19.2 Å². The molecule has 3 rings (SSSR count). The Labute approximate surface area is 141 Å². The van der Waals surface area contributed by atoms with E-state index in [4.69, 9.17) is 0 Å². The van der Waals surface area contributed by atoms with Crippen LogP contribution in [0.5, 0.6) is 0 Å². The highest BCUT2D eigenvalue weighted by Gasteiger charge is 2.53. The van der Waals surface area contributed by atoms with Gasteiger partial charge in [0, 0.05) is 7.85 Å². The minimum absolute atomic E-state index is 0. The highest BCUT2D eigenvalue weighted by Crippen LogP contribution is 2.38. The molecular formula is C18H22N2O4. The molecule has 2 heterocycles. The number of fused-ring (bicyclic) bond motifs is 1. The Kier molecular flexibility index (Phi) is 3.41. The van der Waals surface area contributed by atoms with Crippen molar-refractivity contribution in [1.29, 1.82) is 0 Å². The molecule has 0 aromatic heterocycles. The number of carbonyl (C=O) groups excluding carboxylic acids is 4. The SMILES string of the molecule is Cc1c(C)c(C)c2c(c1C)C(=O)N(C1(C)CCC(=O)NC1=O)C2=O.[HH]. The second-order valence-corrected chi connectivity index (χ2v) is 6.85. The third-order valence-corrected chi connectivity index (χ3v) is 5.60. The Morgan fingerprint density at radius 2 is 1.33 bits per heavy atom. The second kappa shape index (κ2) is 5.00. The van der Waals surface area contributed by atoms with Gasteiger partial charge in [-0.05, 0) is 63.3 Å². The van der Waals surface area contributed by atoms with Crippen LogP contribution < -0.4 is 5.32 Å². The Balaban J connectivity index is 0.00000225. The lowest BCUT2D eigenvalue weighted by molar-refractivity contribution is -0.140. The summed E-state index contributed by atoms with van der Waals surface area (Å²) >= 11 is 0. The molecule has 1 unspecified atom stereocenters. The van der Waals surface area contributed by atoms with Crippen LogP contribution >= 0.6 is 0 Å². The van der Waals surface area contributed by atoms with Crippen molar-refractivity contribution in [3.63, 3.8) is 0 Å². The molecular weight excluding hydrogens is 308 g/mol. The first-order valence-corrected chi connectivity index (χ1v) is 7.94. The highest BCUT2D eigenvalue weighted by atomic mass is 16.2. The summed E-state index contributed by atoms with van der Waals surface area (Å²) in [5, 5.41) is 2.24. The van der Waals surface area contributed by atoms with E-state index in [1.165, 1.54) is 0 Å². The molecule has 6 heteroatoms. The van der Waals surface area contributed by atoms with Crippen LogP contribution in [0.1, 0.15) is 64.2 Å². The first kappa shape index (κ1) is 16.4. The Bertz CT molecular complexity index is 799. The number of benzene rings is 1. The summed E-state index contributed by atoms with van der Waals surface area (Å²) < 4.78 is 0. The molecule has 2 aliphatic heterocycles. The van der Waals surface area contributed by atoms with E-state index in [-0.39, 0.29) is 20.2 Å². The van der Waals surface area contributed by atoms with Crippen LogP contribution in [0.4, 0.5) is 0 Å². The zero-order valence-corrected chi connectivity index (χ0v) is 14.5. The Morgan fingerprint density at radius 3 is 1.75 bits per heavy atom. The number of nitrogens with one attached hydrogen (secondary N) is 1. The van der Waals surface area contributed by atoms with Gasteiger partial charge in [0.2, 0.25) is 5.91 Å². The highest BCUT2D eigenvalue weighted by molar-refractivity contribution is 6.25. The number of hydrogen-bond donors (Lipinski definition) is 1. The molecule has 24 heavy (non-hydrogen) atoms. The van der Waals surface area contributed by atoms with Gasteiger partial charge in [0.15, 0.2) is 0 Å². The maximum absolute atomic E-state index is 13.0. The fourth-order valence-electron chi connectivity index (χ4n) is 3.62. The van der Waals surface area contributed by atoms with Gasteiger partial charge in [-0.25, -0.2) is 0 Å². The van der Waals surface area contributed by atoms with Crippen molar-refractivity contribution in [1.82, 2.24) is 10.2 Å². The van der Waals surface area contributed by atoms with Gasteiger partial charge in [0.05, 0.1) is 11.1 Å². The van der Waals surface area contributed by atoms with Crippen molar-refractivity contribution in [2.45, 2.75) is 53.0 Å². The van der Waals surface area contributed by atoms with Gasteiger partial charge in [-0.3, -0.25) is 29.4 Å². The molecule has 2 aliphatic rings. The molecule has 1 aromatic carbocycles. The lowest BCUT2D eigenvalue weighted by Gasteiger charge is -2.38. The van der Waals surface area contributed by atoms with Crippen molar-refractivity contribution in [3.8, 4) is 0 Å². The number of rotatable bonds is 1. The Hall–Kier alpha value is -2.50. The molecule has 0 bridgehead atoms. The maximum Gasteiger partial charge on any atom is 0.262 e. The molecule has 1 N–H and O–H groups in total. The van der Waals surface area contributed by atoms with Crippen molar-refractivity contribution in [3.05, 3.63) is 33.4 Å². The smallest absolute Gasteiger partial charge is 0.262 e. The number of amides is 4. The lowest BCUT2D eigenvalue weighted by atomic mass is 9.89. The van der Waals surface area contributed by atoms with Gasteiger partial charge in [0.1, 0.15) is 5.54 Å². The molecule has 0 radical (unpaired) electrons. The summed E-state index contributed by atoms with van der Waals surface area (Å²) in [7, 11) is 0. The van der Waals surface area contributed by atoms with Crippen LogP contribution in [0, 0.1) is 27.7 Å². The molecule has 1 saturated heterocycles. The van der Waals surface area contributed by atoms with E-state index in [2.05, 4.69) is 5.32 Å². The molecule has 1 aromatic rings. The number of nitrogens with zero attached hydrogens (tertiary/aromatic N) is 1. The second-order valence-electron chi connectivity index (χ2n) is 6.85. The summed E-state index contributed by atoms with van der Waals surface area (Å²) in [4.78, 5) is 50.9. The summed E-state index contributed by atoms with van der Waals surface area (Å²) in [6.07, 6.45) is 0.241. The minimum Gasteiger partial charge on any atom is -0.294 e. The summed E-state index contributed by atoms with van der Waals surface area (Å²) in [5.74, 6) is -1.89. The van der Waals surface area contributed by atoms with Gasteiger partial charge in [-0.2, -0.15) is 0 Å². The quantitative estimate of drug-likeness (QED) is 0.798. The van der Waals surface area contributed by atoms with E-state index in [1.807, 2.05) is 27.7 Å². The number of piperidine rings is 1. The molecule has 128 valence electrons. The molecule has 0 spiro atoms. The van der Waals surface area contributed by atoms with Crippen LogP contribution in [0.25, 0.3) is 0 Å². The molecule has 6 nitrogen and oxygen atoms in total. The van der Waals surface area contributed by atoms with Crippen LogP contribution in [0.2, 0.25) is 0 Å². The standard InChI is InChI=1S/C18H20N2O4.H2/c1-8-9(2)11(4)14-13(10(8)3)15(22)20(16(14)23)18(5)7-6-12(21)19-17(18)24;/h6-7H2,1-5H3,(H,19,21,24);1H. The van der Waals surface area contributed by atoms with Gasteiger partial charge in [-0.1, -0.05) is 0 Å². The first-order valence-electron chi connectivity index (χ1n) is 7.94. The molecule has 1 fully saturated rings. The monoisotopic (exact) mass is 330 g/mol. The van der Waals surface area contributed by atoms with Crippen molar-refractivity contribution in [2.24, 2.45) is 0 Å². The van der Waals surface area contributed by atoms with Gasteiger partial charge >= 0.3 is 0 Å². The van der Waals surface area contributed by atoms with Crippen LogP contribution in [0.15, 0.2) is 0 Å². The third-order valence-electron chi connectivity index (χ3n) is 5.60. The van der Waals surface area contributed by atoms with Crippen LogP contribution in [0.3, 0.4) is 0 Å². The van der Waals surface area contributed by atoms with Crippen molar-refractivity contribution < 1.29 is 20.6 Å². The molecule has 0 saturated carbocycles. The number of carbonyl (C=O) groups is 4. The van der Waals surface area contributed by atoms with E-state index < -0.39 is 23.3 Å². The van der Waals surface area contributed by atoms with Crippen LogP contribution in [-0.4, -0.2) is 34.1 Å². The predicted molar refractivity (Wildman–Crippen MR) is 88.8 cm³/mol. The number of imide groups is 2. The summed E-state index contributed by atoms with van der Waals surface area (Å²) in [6, 6.07) is 0. The molecule has 1 atom stereocenters. The van der Waals surface area contributed by atoms with Crippen molar-refractivity contribution in [2.75, 3.05) is 0 Å². The van der Waals surface area contributed by atoms with Crippen molar-refractivity contribution >= 4 is 23.6 Å². The fraction of sp³-hybridized carbons (Fsp3) is 0.444. The van der Waals surface area contributed by atoms with E-state index >= 15 is 0 Å². The molecule has 0 aliphatic carbocycles. The van der Waals surface area contributed by atoms with Crippen LogP contribution in [-0.2, 0) is 9.59 Å². The fourth-order valence-corrected chi connectivity index (χ4v) is 3.62. The summed E-state index contributed by atoms with van der Waals surface area (Å²) in [6.45, 7) is 9.03. The van der Waals surface area contributed by atoms with E-state index in [0.717, 1.165) is 27.2 Å². The van der Waals surface area contributed by atoms with Gasteiger partial charge in [-0.15, -0.1) is 0 Å².